The molecule has 0 saturated carbocycles. The largest absolute Gasteiger partial charge is 0.506 e. The molecule has 0 spiro atoms. The third-order valence-electron chi connectivity index (χ3n) is 2.35. The molecule has 1 aromatic rings. The fourth-order valence-corrected chi connectivity index (χ4v) is 1.48. The van der Waals surface area contributed by atoms with Gasteiger partial charge in [-0.3, -0.25) is 4.79 Å². The smallest absolute Gasteiger partial charge is 0.256 e. The highest BCUT2D eigenvalue weighted by Gasteiger charge is 2.24. The fourth-order valence-electron chi connectivity index (χ4n) is 1.48. The summed E-state index contributed by atoms with van der Waals surface area (Å²) in [5.41, 5.74) is -0.244. The molecule has 2 N–H and O–H groups in total. The van der Waals surface area contributed by atoms with E-state index in [1.807, 2.05) is 0 Å². The summed E-state index contributed by atoms with van der Waals surface area (Å²) in [5.74, 6) is -1.56. The van der Waals surface area contributed by atoms with Crippen LogP contribution in [0.15, 0.2) is 18.2 Å². The number of nitrogens with one attached hydrogen (secondary N) is 1. The third-order valence-corrected chi connectivity index (χ3v) is 2.35. The molecule has 92 valence electrons. The number of carbonyl (C=O) groups is 1. The molecular formula is C11H12FNO4. The Balaban J connectivity index is 2.07. The van der Waals surface area contributed by atoms with Gasteiger partial charge in [-0.25, -0.2) is 4.39 Å². The predicted octanol–water partition coefficient (Wildman–Crippen LogP) is 0.885. The first-order valence-electron chi connectivity index (χ1n) is 5.16. The number of amides is 1. The monoisotopic (exact) mass is 241 g/mol. The zero-order valence-corrected chi connectivity index (χ0v) is 8.98. The minimum Gasteiger partial charge on any atom is -0.506 e. The molecule has 2 rings (SSSR count). The van der Waals surface area contributed by atoms with Crippen molar-refractivity contribution in [2.75, 3.05) is 25.1 Å². The number of halogens is 1. The number of aromatic hydroxyl groups is 1. The lowest BCUT2D eigenvalue weighted by atomic mass is 10.2. The number of benzene rings is 1. The van der Waals surface area contributed by atoms with E-state index in [4.69, 9.17) is 9.47 Å². The van der Waals surface area contributed by atoms with Crippen molar-refractivity contribution in [3.8, 4) is 5.75 Å². The normalized spacial score (nSPS) is 19.9. The van der Waals surface area contributed by atoms with Gasteiger partial charge >= 0.3 is 0 Å². The Bertz CT molecular complexity index is 398. The Kier molecular flexibility index (Phi) is 3.55. The summed E-state index contributed by atoms with van der Waals surface area (Å²) in [6.45, 7) is 0.886. The topological polar surface area (TPSA) is 67.8 Å². The molecule has 1 saturated heterocycles. The summed E-state index contributed by atoms with van der Waals surface area (Å²) >= 11 is 0. The minimum absolute atomic E-state index is 0.126. The van der Waals surface area contributed by atoms with Crippen molar-refractivity contribution in [1.82, 2.24) is 0 Å². The van der Waals surface area contributed by atoms with Crippen LogP contribution in [0.4, 0.5) is 10.1 Å². The fraction of sp³-hybridized carbons (Fsp3) is 0.364. The average molecular weight is 241 g/mol. The van der Waals surface area contributed by atoms with E-state index in [-0.39, 0.29) is 18.0 Å². The van der Waals surface area contributed by atoms with Crippen LogP contribution in [-0.4, -0.2) is 36.9 Å². The van der Waals surface area contributed by atoms with Gasteiger partial charge in [0, 0.05) is 0 Å². The van der Waals surface area contributed by atoms with E-state index in [0.717, 1.165) is 6.07 Å². The van der Waals surface area contributed by atoms with E-state index in [1.54, 1.807) is 0 Å². The summed E-state index contributed by atoms with van der Waals surface area (Å²) in [6, 6.07) is 3.78. The summed E-state index contributed by atoms with van der Waals surface area (Å²) in [5, 5.41) is 11.7. The summed E-state index contributed by atoms with van der Waals surface area (Å²) < 4.78 is 23.5. The average Bonchev–Trinajstić information content (AvgIpc) is 2.35. The Hall–Kier alpha value is -1.66. The van der Waals surface area contributed by atoms with E-state index in [0.29, 0.717) is 13.2 Å². The molecule has 1 aliphatic rings. The lowest BCUT2D eigenvalue weighted by molar-refractivity contribution is -0.142. The molecule has 1 fully saturated rings. The summed E-state index contributed by atoms with van der Waals surface area (Å²) in [7, 11) is 0. The van der Waals surface area contributed by atoms with Gasteiger partial charge in [0.25, 0.3) is 5.91 Å². The number of phenolic OH excluding ortho intramolecular Hbond substituents is 1. The van der Waals surface area contributed by atoms with Crippen LogP contribution in [0.1, 0.15) is 0 Å². The Morgan fingerprint density at radius 1 is 1.47 bits per heavy atom. The van der Waals surface area contributed by atoms with Crippen molar-refractivity contribution in [2.45, 2.75) is 6.10 Å². The second-order valence-electron chi connectivity index (χ2n) is 3.56. The number of anilines is 1. The predicted molar refractivity (Wildman–Crippen MR) is 57.3 cm³/mol. The van der Waals surface area contributed by atoms with Crippen LogP contribution in [-0.2, 0) is 14.3 Å². The van der Waals surface area contributed by atoms with E-state index in [9.17, 15) is 14.3 Å². The lowest BCUT2D eigenvalue weighted by Gasteiger charge is -2.22. The molecule has 0 bridgehead atoms. The number of para-hydroxylation sites is 1. The highest BCUT2D eigenvalue weighted by Crippen LogP contribution is 2.26. The molecule has 0 radical (unpaired) electrons. The van der Waals surface area contributed by atoms with Crippen molar-refractivity contribution < 1.29 is 23.8 Å². The number of carbonyl (C=O) groups excluding carboxylic acids is 1. The van der Waals surface area contributed by atoms with Crippen molar-refractivity contribution in [2.24, 2.45) is 0 Å². The molecule has 0 aliphatic carbocycles. The first kappa shape index (κ1) is 11.8. The van der Waals surface area contributed by atoms with Gasteiger partial charge in [0.2, 0.25) is 0 Å². The van der Waals surface area contributed by atoms with Gasteiger partial charge in [-0.15, -0.1) is 0 Å². The van der Waals surface area contributed by atoms with Gasteiger partial charge in [0.1, 0.15) is 11.4 Å². The quantitative estimate of drug-likeness (QED) is 0.754. The van der Waals surface area contributed by atoms with Crippen LogP contribution in [0.3, 0.4) is 0 Å². The number of hydrogen-bond donors (Lipinski definition) is 2. The molecule has 1 aliphatic heterocycles. The van der Waals surface area contributed by atoms with Crippen molar-refractivity contribution >= 4 is 11.6 Å². The van der Waals surface area contributed by atoms with Crippen LogP contribution < -0.4 is 5.32 Å². The van der Waals surface area contributed by atoms with Gasteiger partial charge in [-0.05, 0) is 12.1 Å². The van der Waals surface area contributed by atoms with E-state index < -0.39 is 17.8 Å². The Labute approximate surface area is 97.1 Å². The first-order valence-corrected chi connectivity index (χ1v) is 5.16. The molecule has 1 atom stereocenters. The molecule has 1 heterocycles. The van der Waals surface area contributed by atoms with Gasteiger partial charge in [0.15, 0.2) is 11.9 Å². The molecule has 1 unspecified atom stereocenters. The van der Waals surface area contributed by atoms with Gasteiger partial charge < -0.3 is 19.9 Å². The molecule has 17 heavy (non-hydrogen) atoms. The van der Waals surface area contributed by atoms with Gasteiger partial charge in [0.05, 0.1) is 19.8 Å². The minimum atomic E-state index is -0.775. The maximum Gasteiger partial charge on any atom is 0.256 e. The zero-order chi connectivity index (χ0) is 12.3. The zero-order valence-electron chi connectivity index (χ0n) is 8.98. The first-order chi connectivity index (χ1) is 8.18. The SMILES string of the molecule is O=C(Nc1c(O)cccc1F)C1COCCO1. The van der Waals surface area contributed by atoms with E-state index in [2.05, 4.69) is 5.32 Å². The molecule has 5 nitrogen and oxygen atoms in total. The van der Waals surface area contributed by atoms with Crippen LogP contribution in [0.25, 0.3) is 0 Å². The van der Waals surface area contributed by atoms with Crippen LogP contribution in [0.2, 0.25) is 0 Å². The number of hydrogen-bond acceptors (Lipinski definition) is 4. The molecule has 6 heteroatoms. The molecular weight excluding hydrogens is 229 g/mol. The number of ether oxygens (including phenoxy) is 2. The maximum atomic E-state index is 13.3. The molecule has 1 amide bonds. The highest BCUT2D eigenvalue weighted by atomic mass is 19.1. The Morgan fingerprint density at radius 3 is 2.94 bits per heavy atom. The van der Waals surface area contributed by atoms with E-state index >= 15 is 0 Å². The standard InChI is InChI=1S/C11H12FNO4/c12-7-2-1-3-8(14)10(7)13-11(15)9-6-16-4-5-17-9/h1-3,9,14H,4-6H2,(H,13,15). The van der Waals surface area contributed by atoms with Crippen molar-refractivity contribution in [1.29, 1.82) is 0 Å². The van der Waals surface area contributed by atoms with Crippen LogP contribution in [0.5, 0.6) is 5.75 Å². The summed E-state index contributed by atoms with van der Waals surface area (Å²) in [4.78, 5) is 11.7. The van der Waals surface area contributed by atoms with Crippen molar-refractivity contribution in [3.63, 3.8) is 0 Å². The third kappa shape index (κ3) is 2.72. The van der Waals surface area contributed by atoms with Gasteiger partial charge in [-0.2, -0.15) is 0 Å². The lowest BCUT2D eigenvalue weighted by Crippen LogP contribution is -2.39. The second-order valence-corrected chi connectivity index (χ2v) is 3.56. The highest BCUT2D eigenvalue weighted by molar-refractivity contribution is 5.95. The Morgan fingerprint density at radius 2 is 2.29 bits per heavy atom. The second kappa shape index (κ2) is 5.11. The summed E-state index contributed by atoms with van der Waals surface area (Å²) in [6.07, 6.45) is -0.775. The molecule has 0 aromatic heterocycles. The maximum absolute atomic E-state index is 13.3. The molecule has 1 aromatic carbocycles. The van der Waals surface area contributed by atoms with Crippen LogP contribution in [0, 0.1) is 5.82 Å². The van der Waals surface area contributed by atoms with E-state index in [1.165, 1.54) is 12.1 Å². The van der Waals surface area contributed by atoms with Gasteiger partial charge in [-0.1, -0.05) is 6.07 Å². The van der Waals surface area contributed by atoms with Crippen molar-refractivity contribution in [3.05, 3.63) is 24.0 Å². The van der Waals surface area contributed by atoms with Crippen LogP contribution >= 0.6 is 0 Å². The number of phenols is 1. The number of rotatable bonds is 2.